The van der Waals surface area contributed by atoms with E-state index < -0.39 is 0 Å². The van der Waals surface area contributed by atoms with E-state index in [1.807, 2.05) is 30.3 Å². The second-order valence-corrected chi connectivity index (χ2v) is 5.01. The number of nitrogens with one attached hydrogen (secondary N) is 1. The molecule has 2 aromatic carbocycles. The topological polar surface area (TPSA) is 45.0 Å². The Kier molecular flexibility index (Phi) is 5.36. The van der Waals surface area contributed by atoms with Gasteiger partial charge in [-0.3, -0.25) is 0 Å². The third-order valence-corrected chi connectivity index (χ3v) is 3.52. The molecule has 1 atom stereocenters. The van der Waals surface area contributed by atoms with E-state index in [2.05, 4.69) is 43.4 Å². The van der Waals surface area contributed by atoms with Gasteiger partial charge in [0.25, 0.3) is 0 Å². The predicted molar refractivity (Wildman–Crippen MR) is 84.0 cm³/mol. The quantitative estimate of drug-likeness (QED) is 0.876. The number of benzene rings is 2. The summed E-state index contributed by atoms with van der Waals surface area (Å²) in [7, 11) is 0. The van der Waals surface area contributed by atoms with Crippen molar-refractivity contribution in [1.82, 2.24) is 5.32 Å². The van der Waals surface area contributed by atoms with Crippen molar-refractivity contribution >= 4 is 0 Å². The molecule has 0 aliphatic carbocycles. The summed E-state index contributed by atoms with van der Waals surface area (Å²) in [5.41, 5.74) is 3.65. The summed E-state index contributed by atoms with van der Waals surface area (Å²) < 4.78 is 5.45. The van der Waals surface area contributed by atoms with E-state index in [1.54, 1.807) is 0 Å². The lowest BCUT2D eigenvalue weighted by atomic mass is 10.0. The van der Waals surface area contributed by atoms with Crippen LogP contribution in [-0.2, 0) is 6.54 Å². The predicted octanol–water partition coefficient (Wildman–Crippen LogP) is 3.75. The van der Waals surface area contributed by atoms with Gasteiger partial charge in [0, 0.05) is 18.2 Å². The summed E-state index contributed by atoms with van der Waals surface area (Å²) in [6, 6.07) is 18.4. The largest absolute Gasteiger partial charge is 0.478 e. The first-order valence-electron chi connectivity index (χ1n) is 7.09. The van der Waals surface area contributed by atoms with E-state index in [1.165, 1.54) is 11.1 Å². The minimum atomic E-state index is 0.0738. The fraction of sp³-hybridized carbons (Fsp3) is 0.278. The Balaban J connectivity index is 2.03. The van der Waals surface area contributed by atoms with Crippen LogP contribution in [0.15, 0.2) is 48.5 Å². The van der Waals surface area contributed by atoms with Gasteiger partial charge in [0.1, 0.15) is 11.8 Å². The van der Waals surface area contributed by atoms with E-state index in [0.29, 0.717) is 6.54 Å². The molecule has 0 spiro atoms. The van der Waals surface area contributed by atoms with Crippen molar-refractivity contribution in [3.63, 3.8) is 0 Å². The molecule has 0 saturated heterocycles. The van der Waals surface area contributed by atoms with Crippen molar-refractivity contribution < 1.29 is 4.74 Å². The lowest BCUT2D eigenvalue weighted by Gasteiger charge is -2.17. The van der Waals surface area contributed by atoms with Gasteiger partial charge in [-0.1, -0.05) is 42.5 Å². The Hall–Kier alpha value is -2.31. The molecular formula is C18H20N2O. The number of hydrogen-bond donors (Lipinski definition) is 1. The van der Waals surface area contributed by atoms with E-state index in [-0.39, 0.29) is 12.6 Å². The summed E-state index contributed by atoms with van der Waals surface area (Å²) in [6.45, 7) is 5.06. The average Bonchev–Trinajstić information content (AvgIpc) is 2.52. The fourth-order valence-corrected chi connectivity index (χ4v) is 2.35. The molecule has 21 heavy (non-hydrogen) atoms. The van der Waals surface area contributed by atoms with Gasteiger partial charge < -0.3 is 10.1 Å². The highest BCUT2D eigenvalue weighted by Crippen LogP contribution is 2.21. The maximum atomic E-state index is 8.63. The first-order valence-corrected chi connectivity index (χ1v) is 7.09. The number of rotatable bonds is 6. The smallest absolute Gasteiger partial charge is 0.174 e. The lowest BCUT2D eigenvalue weighted by Crippen LogP contribution is -2.19. The molecule has 3 heteroatoms. The lowest BCUT2D eigenvalue weighted by molar-refractivity contribution is 0.361. The molecule has 0 aliphatic rings. The number of para-hydroxylation sites is 1. The molecule has 0 fully saturated rings. The Morgan fingerprint density at radius 3 is 2.62 bits per heavy atom. The maximum absolute atomic E-state index is 8.63. The molecule has 108 valence electrons. The van der Waals surface area contributed by atoms with Gasteiger partial charge in [0.05, 0.1) is 0 Å². The van der Waals surface area contributed by atoms with Crippen LogP contribution < -0.4 is 10.1 Å². The monoisotopic (exact) mass is 280 g/mol. The highest BCUT2D eigenvalue weighted by Gasteiger charge is 2.09. The molecule has 3 nitrogen and oxygen atoms in total. The van der Waals surface area contributed by atoms with E-state index in [0.717, 1.165) is 11.3 Å². The van der Waals surface area contributed by atoms with Crippen LogP contribution in [0.2, 0.25) is 0 Å². The van der Waals surface area contributed by atoms with Crippen molar-refractivity contribution in [2.75, 3.05) is 6.61 Å². The Morgan fingerprint density at radius 1 is 1.14 bits per heavy atom. The van der Waals surface area contributed by atoms with Gasteiger partial charge in [0.15, 0.2) is 6.61 Å². The number of nitriles is 1. The zero-order valence-corrected chi connectivity index (χ0v) is 12.5. The molecule has 0 amide bonds. The zero-order valence-electron chi connectivity index (χ0n) is 12.5. The van der Waals surface area contributed by atoms with Crippen LogP contribution in [0, 0.1) is 18.3 Å². The second kappa shape index (κ2) is 7.47. The normalized spacial score (nSPS) is 11.7. The number of ether oxygens (including phenoxy) is 1. The minimum Gasteiger partial charge on any atom is -0.478 e. The number of nitrogens with zero attached hydrogens (tertiary/aromatic N) is 1. The second-order valence-electron chi connectivity index (χ2n) is 5.01. The molecule has 2 aromatic rings. The molecule has 0 aromatic heterocycles. The Labute approximate surface area is 126 Å². The van der Waals surface area contributed by atoms with Gasteiger partial charge in [-0.05, 0) is 31.0 Å². The molecule has 0 bridgehead atoms. The molecule has 0 aliphatic heterocycles. The van der Waals surface area contributed by atoms with Crippen molar-refractivity contribution in [2.45, 2.75) is 26.4 Å². The van der Waals surface area contributed by atoms with Crippen molar-refractivity contribution in [3.05, 3.63) is 65.2 Å². The number of hydrogen-bond acceptors (Lipinski definition) is 3. The minimum absolute atomic E-state index is 0.0738. The van der Waals surface area contributed by atoms with Crippen molar-refractivity contribution in [1.29, 1.82) is 5.26 Å². The molecule has 0 saturated carbocycles. The van der Waals surface area contributed by atoms with Crippen LogP contribution in [0.25, 0.3) is 0 Å². The van der Waals surface area contributed by atoms with Gasteiger partial charge in [-0.15, -0.1) is 0 Å². The molecule has 0 radical (unpaired) electrons. The molecule has 2 rings (SSSR count). The van der Waals surface area contributed by atoms with Crippen molar-refractivity contribution in [2.24, 2.45) is 0 Å². The Bertz CT molecular complexity index is 631. The number of aryl methyl sites for hydroxylation is 1. The first kappa shape index (κ1) is 15.1. The fourth-order valence-electron chi connectivity index (χ4n) is 2.35. The van der Waals surface area contributed by atoms with E-state index >= 15 is 0 Å². The summed E-state index contributed by atoms with van der Waals surface area (Å²) in [5.74, 6) is 0.767. The van der Waals surface area contributed by atoms with Gasteiger partial charge >= 0.3 is 0 Å². The first-order chi connectivity index (χ1) is 10.2. The van der Waals surface area contributed by atoms with Crippen LogP contribution in [-0.4, -0.2) is 6.61 Å². The van der Waals surface area contributed by atoms with Gasteiger partial charge in [-0.25, -0.2) is 0 Å². The molecule has 1 N–H and O–H groups in total. The van der Waals surface area contributed by atoms with Gasteiger partial charge in [-0.2, -0.15) is 5.26 Å². The van der Waals surface area contributed by atoms with Crippen molar-refractivity contribution in [3.8, 4) is 11.8 Å². The third kappa shape index (κ3) is 4.08. The van der Waals surface area contributed by atoms with E-state index in [9.17, 15) is 0 Å². The highest BCUT2D eigenvalue weighted by molar-refractivity contribution is 5.34. The summed E-state index contributed by atoms with van der Waals surface area (Å²) >= 11 is 0. The third-order valence-electron chi connectivity index (χ3n) is 3.52. The molecule has 0 heterocycles. The summed E-state index contributed by atoms with van der Waals surface area (Å²) in [4.78, 5) is 0. The van der Waals surface area contributed by atoms with Crippen LogP contribution >= 0.6 is 0 Å². The maximum Gasteiger partial charge on any atom is 0.174 e. The van der Waals surface area contributed by atoms with Gasteiger partial charge in [0.2, 0.25) is 0 Å². The SMILES string of the molecule is Cc1ccccc1C(C)NCc1ccccc1OCC#N. The average molecular weight is 280 g/mol. The standard InChI is InChI=1S/C18H20N2O/c1-14-7-3-5-9-17(14)15(2)20-13-16-8-4-6-10-18(16)21-12-11-19/h3-10,15,20H,12-13H2,1-2H3. The Morgan fingerprint density at radius 2 is 1.86 bits per heavy atom. The van der Waals surface area contributed by atoms with E-state index in [4.69, 9.17) is 10.00 Å². The molecule has 1 unspecified atom stereocenters. The van der Waals surface area contributed by atoms with Crippen LogP contribution in [0.1, 0.15) is 29.7 Å². The molecular weight excluding hydrogens is 260 g/mol. The van der Waals surface area contributed by atoms with Crippen LogP contribution in [0.5, 0.6) is 5.75 Å². The van der Waals surface area contributed by atoms with Crippen LogP contribution in [0.4, 0.5) is 0 Å². The summed E-state index contributed by atoms with van der Waals surface area (Å²) in [6.07, 6.45) is 0. The summed E-state index contributed by atoms with van der Waals surface area (Å²) in [5, 5.41) is 12.1. The highest BCUT2D eigenvalue weighted by atomic mass is 16.5. The zero-order chi connectivity index (χ0) is 15.1. The van der Waals surface area contributed by atoms with Crippen LogP contribution in [0.3, 0.4) is 0 Å².